The van der Waals surface area contributed by atoms with Gasteiger partial charge >= 0.3 is 11.8 Å². The number of aromatic nitrogens is 3. The maximum Gasteiger partial charge on any atom is 0.313 e. The van der Waals surface area contributed by atoms with E-state index in [1.54, 1.807) is 60.5 Å². The molecule has 0 bridgehead atoms. The second kappa shape index (κ2) is 9.46. The standard InChI is InChI=1S/C21H22N6O3/c1-14-15(13-27(2)26-14)11-23-20(29)21(30)25-18-9-4-3-8-17(18)19(28)24-12-16-7-5-6-10-22-16/h3-10,13H,11-12H2,1-2H3,(H,23,29)(H,24,28)(H,25,30). The van der Waals surface area contributed by atoms with Gasteiger partial charge in [-0.3, -0.25) is 24.0 Å². The number of carbonyl (C=O) groups is 3. The van der Waals surface area contributed by atoms with Crippen molar-refractivity contribution in [2.45, 2.75) is 20.0 Å². The third-order valence-electron chi connectivity index (χ3n) is 4.34. The Morgan fingerprint density at radius 3 is 2.43 bits per heavy atom. The zero-order chi connectivity index (χ0) is 21.5. The minimum absolute atomic E-state index is 0.179. The van der Waals surface area contributed by atoms with Crippen LogP contribution in [0.3, 0.4) is 0 Å². The van der Waals surface area contributed by atoms with Crippen LogP contribution < -0.4 is 16.0 Å². The van der Waals surface area contributed by atoms with Crippen molar-refractivity contribution in [3.8, 4) is 0 Å². The van der Waals surface area contributed by atoms with E-state index in [1.165, 1.54) is 0 Å². The third kappa shape index (κ3) is 5.28. The van der Waals surface area contributed by atoms with Crippen LogP contribution in [0.25, 0.3) is 0 Å². The van der Waals surface area contributed by atoms with Gasteiger partial charge in [-0.25, -0.2) is 0 Å². The summed E-state index contributed by atoms with van der Waals surface area (Å²) in [6.07, 6.45) is 3.41. The van der Waals surface area contributed by atoms with E-state index in [-0.39, 0.29) is 30.2 Å². The molecule has 2 aromatic heterocycles. The molecule has 3 N–H and O–H groups in total. The number of pyridine rings is 1. The first-order chi connectivity index (χ1) is 14.4. The first-order valence-corrected chi connectivity index (χ1v) is 9.29. The van der Waals surface area contributed by atoms with Gasteiger partial charge in [0.05, 0.1) is 29.2 Å². The van der Waals surface area contributed by atoms with Gasteiger partial charge in [-0.15, -0.1) is 0 Å². The Morgan fingerprint density at radius 1 is 0.967 bits per heavy atom. The molecule has 0 fully saturated rings. The summed E-state index contributed by atoms with van der Waals surface area (Å²) in [4.78, 5) is 41.2. The number of carbonyl (C=O) groups excluding carboxylic acids is 3. The summed E-state index contributed by atoms with van der Waals surface area (Å²) >= 11 is 0. The number of nitrogens with one attached hydrogen (secondary N) is 3. The normalized spacial score (nSPS) is 10.3. The van der Waals surface area contributed by atoms with E-state index in [2.05, 4.69) is 26.0 Å². The molecule has 0 unspecified atom stereocenters. The Balaban J connectivity index is 1.60. The van der Waals surface area contributed by atoms with E-state index in [4.69, 9.17) is 0 Å². The van der Waals surface area contributed by atoms with Crippen LogP contribution in [-0.2, 0) is 29.7 Å². The Bertz CT molecular complexity index is 1060. The molecule has 0 aliphatic carbocycles. The number of nitrogens with zero attached hydrogens (tertiary/aromatic N) is 3. The van der Waals surface area contributed by atoms with Crippen LogP contribution >= 0.6 is 0 Å². The molecule has 2 heterocycles. The summed E-state index contributed by atoms with van der Waals surface area (Å²) < 4.78 is 1.64. The Kier molecular flexibility index (Phi) is 6.53. The van der Waals surface area contributed by atoms with E-state index >= 15 is 0 Å². The van der Waals surface area contributed by atoms with Crippen LogP contribution in [0.5, 0.6) is 0 Å². The maximum absolute atomic E-state index is 12.5. The van der Waals surface area contributed by atoms with Crippen LogP contribution in [0, 0.1) is 6.92 Å². The highest BCUT2D eigenvalue weighted by Crippen LogP contribution is 2.15. The van der Waals surface area contributed by atoms with Crippen molar-refractivity contribution in [3.05, 3.63) is 77.4 Å². The van der Waals surface area contributed by atoms with Gasteiger partial charge in [0.15, 0.2) is 0 Å². The van der Waals surface area contributed by atoms with E-state index in [1.807, 2.05) is 13.0 Å². The molecule has 154 valence electrons. The highest BCUT2D eigenvalue weighted by atomic mass is 16.2. The van der Waals surface area contributed by atoms with Gasteiger partial charge in [0.25, 0.3) is 5.91 Å². The fourth-order valence-electron chi connectivity index (χ4n) is 2.82. The van der Waals surface area contributed by atoms with Crippen molar-refractivity contribution in [2.24, 2.45) is 7.05 Å². The van der Waals surface area contributed by atoms with E-state index < -0.39 is 11.8 Å². The molecule has 0 saturated carbocycles. The first kappa shape index (κ1) is 20.7. The Labute approximate surface area is 173 Å². The number of amides is 3. The predicted octanol–water partition coefficient (Wildman–Crippen LogP) is 1.31. The van der Waals surface area contributed by atoms with Crippen LogP contribution in [0.1, 0.15) is 27.3 Å². The lowest BCUT2D eigenvalue weighted by molar-refractivity contribution is -0.136. The number of benzene rings is 1. The quantitative estimate of drug-likeness (QED) is 0.534. The number of hydrogen-bond donors (Lipinski definition) is 3. The molecule has 0 aliphatic rings. The second-order valence-electron chi connectivity index (χ2n) is 6.60. The summed E-state index contributed by atoms with van der Waals surface area (Å²) in [5.74, 6) is -2.05. The minimum Gasteiger partial charge on any atom is -0.346 e. The van der Waals surface area contributed by atoms with E-state index in [0.29, 0.717) is 5.69 Å². The molecule has 0 saturated heterocycles. The van der Waals surface area contributed by atoms with Crippen molar-refractivity contribution >= 4 is 23.4 Å². The summed E-state index contributed by atoms with van der Waals surface area (Å²) in [5, 5.41) is 12.0. The lowest BCUT2D eigenvalue weighted by atomic mass is 10.1. The molecule has 3 amide bonds. The molecular weight excluding hydrogens is 384 g/mol. The zero-order valence-electron chi connectivity index (χ0n) is 16.7. The van der Waals surface area contributed by atoms with Crippen molar-refractivity contribution in [1.82, 2.24) is 25.4 Å². The number of hydrogen-bond acceptors (Lipinski definition) is 5. The number of aryl methyl sites for hydroxylation is 2. The fraction of sp³-hybridized carbons (Fsp3) is 0.190. The van der Waals surface area contributed by atoms with Gasteiger partial charge in [-0.2, -0.15) is 5.10 Å². The average Bonchev–Trinajstić information content (AvgIpc) is 3.08. The van der Waals surface area contributed by atoms with Gasteiger partial charge in [-0.1, -0.05) is 18.2 Å². The SMILES string of the molecule is Cc1nn(C)cc1CNC(=O)C(=O)Nc1ccccc1C(=O)NCc1ccccn1. The zero-order valence-corrected chi connectivity index (χ0v) is 16.7. The van der Waals surface area contributed by atoms with Crippen LogP contribution in [0.15, 0.2) is 54.9 Å². The van der Waals surface area contributed by atoms with Gasteiger partial charge in [0.1, 0.15) is 0 Å². The van der Waals surface area contributed by atoms with Crippen LogP contribution in [0.4, 0.5) is 5.69 Å². The van der Waals surface area contributed by atoms with Gasteiger partial charge in [0, 0.05) is 31.5 Å². The maximum atomic E-state index is 12.5. The Hall–Kier alpha value is -4.01. The van der Waals surface area contributed by atoms with Crippen molar-refractivity contribution in [1.29, 1.82) is 0 Å². The van der Waals surface area contributed by atoms with Crippen LogP contribution in [-0.4, -0.2) is 32.5 Å². The van der Waals surface area contributed by atoms with Gasteiger partial charge in [-0.05, 0) is 31.2 Å². The Morgan fingerprint density at radius 2 is 1.73 bits per heavy atom. The average molecular weight is 406 g/mol. The molecule has 9 heteroatoms. The number of rotatable bonds is 6. The van der Waals surface area contributed by atoms with Gasteiger partial charge < -0.3 is 16.0 Å². The van der Waals surface area contributed by atoms with Crippen LogP contribution in [0.2, 0.25) is 0 Å². The predicted molar refractivity (Wildman–Crippen MR) is 110 cm³/mol. The molecule has 0 atom stereocenters. The van der Waals surface area contributed by atoms with Crippen molar-refractivity contribution in [2.75, 3.05) is 5.32 Å². The number of para-hydroxylation sites is 1. The smallest absolute Gasteiger partial charge is 0.313 e. The molecule has 3 rings (SSSR count). The highest BCUT2D eigenvalue weighted by Gasteiger charge is 2.18. The summed E-state index contributed by atoms with van der Waals surface area (Å²) in [6.45, 7) is 2.24. The second-order valence-corrected chi connectivity index (χ2v) is 6.60. The third-order valence-corrected chi connectivity index (χ3v) is 4.34. The van der Waals surface area contributed by atoms with E-state index in [0.717, 1.165) is 11.3 Å². The molecule has 0 spiro atoms. The molecule has 9 nitrogen and oxygen atoms in total. The minimum atomic E-state index is -0.860. The largest absolute Gasteiger partial charge is 0.346 e. The molecule has 30 heavy (non-hydrogen) atoms. The summed E-state index contributed by atoms with van der Waals surface area (Å²) in [5.41, 5.74) is 2.78. The molecule has 3 aromatic rings. The molecule has 0 radical (unpaired) electrons. The van der Waals surface area contributed by atoms with Crippen molar-refractivity contribution < 1.29 is 14.4 Å². The van der Waals surface area contributed by atoms with Gasteiger partial charge in [0.2, 0.25) is 0 Å². The molecular formula is C21H22N6O3. The molecule has 1 aromatic carbocycles. The topological polar surface area (TPSA) is 118 Å². The summed E-state index contributed by atoms with van der Waals surface area (Å²) in [6, 6.07) is 11.9. The fourth-order valence-corrected chi connectivity index (χ4v) is 2.82. The van der Waals surface area contributed by atoms with E-state index in [9.17, 15) is 14.4 Å². The lowest BCUT2D eigenvalue weighted by Crippen LogP contribution is -2.35. The highest BCUT2D eigenvalue weighted by molar-refractivity contribution is 6.40. The lowest BCUT2D eigenvalue weighted by Gasteiger charge is -2.11. The molecule has 0 aliphatic heterocycles. The summed E-state index contributed by atoms with van der Waals surface area (Å²) in [7, 11) is 1.78. The van der Waals surface area contributed by atoms with Crippen molar-refractivity contribution in [3.63, 3.8) is 0 Å². The monoisotopic (exact) mass is 406 g/mol. The number of anilines is 1. The first-order valence-electron chi connectivity index (χ1n) is 9.29.